The molecule has 13 heavy (non-hydrogen) atoms. The molecular weight excluding hydrogens is 187 g/mol. The number of alkyl halides is 1. The average molecular weight is 198 g/mol. The van der Waals surface area contributed by atoms with Gasteiger partial charge in [-0.15, -0.1) is 0 Å². The van der Waals surface area contributed by atoms with E-state index < -0.39 is 37.1 Å². The number of aliphatic hydroxyl groups excluding tert-OH is 4. The van der Waals surface area contributed by atoms with E-state index in [1.54, 1.807) is 0 Å². The Morgan fingerprint density at radius 3 is 2.23 bits per heavy atom. The van der Waals surface area contributed by atoms with Gasteiger partial charge in [-0.1, -0.05) is 0 Å². The van der Waals surface area contributed by atoms with Crippen molar-refractivity contribution in [2.75, 3.05) is 6.61 Å². The van der Waals surface area contributed by atoms with E-state index in [0.717, 1.165) is 0 Å². The smallest absolute Gasteiger partial charge is 0.266 e. The molecule has 0 saturated carbocycles. The molecule has 0 spiro atoms. The van der Waals surface area contributed by atoms with Crippen LogP contribution >= 0.6 is 0 Å². The van der Waals surface area contributed by atoms with Crippen molar-refractivity contribution in [3.05, 3.63) is 0 Å². The van der Waals surface area contributed by atoms with E-state index >= 15 is 0 Å². The highest BCUT2D eigenvalue weighted by Gasteiger charge is 2.55. The van der Waals surface area contributed by atoms with Crippen molar-refractivity contribution in [1.82, 2.24) is 0 Å². The molecule has 1 saturated heterocycles. The Balaban J connectivity index is 2.82. The first-order valence-corrected chi connectivity index (χ1v) is 3.63. The summed E-state index contributed by atoms with van der Waals surface area (Å²) in [5.41, 5.74) is 0. The molecule has 0 amide bonds. The van der Waals surface area contributed by atoms with Gasteiger partial charge in [0.15, 0.2) is 12.4 Å². The van der Waals surface area contributed by atoms with Gasteiger partial charge in [0.1, 0.15) is 12.2 Å². The molecule has 0 radical (unpaired) electrons. The molecule has 7 heteroatoms. The first-order valence-electron chi connectivity index (χ1n) is 3.63. The fraction of sp³-hybridized carbons (Fsp3) is 1.00. The van der Waals surface area contributed by atoms with Crippen molar-refractivity contribution in [1.29, 1.82) is 0 Å². The summed E-state index contributed by atoms with van der Waals surface area (Å²) in [5.74, 6) is -3.38. The van der Waals surface area contributed by atoms with Crippen molar-refractivity contribution in [3.8, 4) is 0 Å². The van der Waals surface area contributed by atoms with Crippen molar-refractivity contribution < 1.29 is 34.7 Å². The largest absolute Gasteiger partial charge is 0.394 e. The lowest BCUT2D eigenvalue weighted by molar-refractivity contribution is -0.357. The van der Waals surface area contributed by atoms with Crippen molar-refractivity contribution in [3.63, 3.8) is 0 Å². The Morgan fingerprint density at radius 2 is 1.77 bits per heavy atom. The van der Waals surface area contributed by atoms with Crippen LogP contribution in [-0.2, 0) is 4.74 Å². The van der Waals surface area contributed by atoms with Gasteiger partial charge in [0.2, 0.25) is 0 Å². The predicted molar refractivity (Wildman–Crippen MR) is 36.0 cm³/mol. The number of rotatable bonds is 1. The molecule has 0 aromatic heterocycles. The second kappa shape index (κ2) is 3.45. The summed E-state index contributed by atoms with van der Waals surface area (Å²) in [4.78, 5) is 0. The Kier molecular flexibility index (Phi) is 2.85. The molecule has 0 aromatic carbocycles. The fourth-order valence-electron chi connectivity index (χ4n) is 1.11. The van der Waals surface area contributed by atoms with E-state index in [1.165, 1.54) is 0 Å². The first-order chi connectivity index (χ1) is 5.91. The molecule has 0 aromatic rings. The topological polar surface area (TPSA) is 110 Å². The zero-order valence-corrected chi connectivity index (χ0v) is 6.54. The first kappa shape index (κ1) is 10.8. The zero-order valence-electron chi connectivity index (χ0n) is 6.54. The predicted octanol–water partition coefficient (Wildman–Crippen LogP) is -2.92. The third-order valence-corrected chi connectivity index (χ3v) is 1.95. The van der Waals surface area contributed by atoms with Crippen LogP contribution in [0.4, 0.5) is 4.39 Å². The standard InChI is InChI=1S/C6H11FO6/c7-6(12)3(9)2(1-8)13-5(11)4(6)10/h2-5,8-12H,1H2/t2-,3-,4-,5+,6+/m1/s1. The Hall–Kier alpha value is -0.310. The fourth-order valence-corrected chi connectivity index (χ4v) is 1.11. The highest BCUT2D eigenvalue weighted by molar-refractivity contribution is 4.94. The molecule has 78 valence electrons. The van der Waals surface area contributed by atoms with Gasteiger partial charge in [0, 0.05) is 0 Å². The molecule has 1 heterocycles. The molecule has 0 aliphatic carbocycles. The van der Waals surface area contributed by atoms with Gasteiger partial charge >= 0.3 is 0 Å². The minimum absolute atomic E-state index is 0.781. The van der Waals surface area contributed by atoms with Crippen LogP contribution in [-0.4, -0.2) is 62.6 Å². The highest BCUT2D eigenvalue weighted by Crippen LogP contribution is 2.29. The lowest BCUT2D eigenvalue weighted by Crippen LogP contribution is -2.64. The Bertz CT molecular complexity index is 186. The van der Waals surface area contributed by atoms with Crippen LogP contribution in [0.25, 0.3) is 0 Å². The van der Waals surface area contributed by atoms with Crippen molar-refractivity contribution >= 4 is 0 Å². The van der Waals surface area contributed by atoms with Crippen LogP contribution in [0, 0.1) is 0 Å². The SMILES string of the molecule is OC[C@H]1O[C@H](O)[C@@H](O)[C@](O)(F)[C@@H]1O. The summed E-state index contributed by atoms with van der Waals surface area (Å²) in [7, 11) is 0. The van der Waals surface area contributed by atoms with E-state index in [1.807, 2.05) is 0 Å². The maximum atomic E-state index is 13.1. The van der Waals surface area contributed by atoms with Crippen molar-refractivity contribution in [2.45, 2.75) is 30.5 Å². The molecule has 0 unspecified atom stereocenters. The minimum atomic E-state index is -3.38. The van der Waals surface area contributed by atoms with E-state index in [9.17, 15) is 4.39 Å². The number of hydrogen-bond donors (Lipinski definition) is 5. The molecule has 0 bridgehead atoms. The summed E-state index contributed by atoms with van der Waals surface area (Å²) < 4.78 is 17.5. The van der Waals surface area contributed by atoms with E-state index in [0.29, 0.717) is 0 Å². The summed E-state index contributed by atoms with van der Waals surface area (Å²) in [5, 5.41) is 44.1. The maximum Gasteiger partial charge on any atom is 0.266 e. The second-order valence-corrected chi connectivity index (χ2v) is 2.86. The van der Waals surface area contributed by atoms with Crippen LogP contribution in [0.5, 0.6) is 0 Å². The second-order valence-electron chi connectivity index (χ2n) is 2.86. The van der Waals surface area contributed by atoms with Crippen LogP contribution in [0.2, 0.25) is 0 Å². The molecule has 1 rings (SSSR count). The zero-order chi connectivity index (χ0) is 10.2. The van der Waals surface area contributed by atoms with Gasteiger partial charge < -0.3 is 30.3 Å². The third kappa shape index (κ3) is 1.66. The normalized spacial score (nSPS) is 52.2. The molecule has 6 nitrogen and oxygen atoms in total. The Morgan fingerprint density at radius 1 is 1.23 bits per heavy atom. The average Bonchev–Trinajstić information content (AvgIpc) is 2.09. The minimum Gasteiger partial charge on any atom is -0.394 e. The molecule has 5 N–H and O–H groups in total. The molecular formula is C6H11FO6. The maximum absolute atomic E-state index is 13.1. The number of hydrogen-bond acceptors (Lipinski definition) is 6. The van der Waals surface area contributed by atoms with E-state index in [-0.39, 0.29) is 0 Å². The van der Waals surface area contributed by atoms with Gasteiger partial charge in [-0.3, -0.25) is 0 Å². The highest BCUT2D eigenvalue weighted by atomic mass is 19.2. The number of aliphatic hydroxyl groups is 5. The molecule has 1 aliphatic rings. The van der Waals surface area contributed by atoms with Gasteiger partial charge in [-0.2, -0.15) is 0 Å². The van der Waals surface area contributed by atoms with Crippen molar-refractivity contribution in [2.24, 2.45) is 0 Å². The van der Waals surface area contributed by atoms with Gasteiger partial charge in [-0.05, 0) is 0 Å². The lowest BCUT2D eigenvalue weighted by Gasteiger charge is -2.41. The molecule has 1 fully saturated rings. The summed E-state index contributed by atoms with van der Waals surface area (Å²) in [6, 6.07) is 0. The number of ether oxygens (including phenoxy) is 1. The molecule has 1 aliphatic heterocycles. The van der Waals surface area contributed by atoms with Crippen LogP contribution in [0.1, 0.15) is 0 Å². The monoisotopic (exact) mass is 198 g/mol. The van der Waals surface area contributed by atoms with Crippen LogP contribution < -0.4 is 0 Å². The molecule has 5 atom stereocenters. The number of halogens is 1. The summed E-state index contributed by atoms with van der Waals surface area (Å²) >= 11 is 0. The van der Waals surface area contributed by atoms with Crippen LogP contribution in [0.3, 0.4) is 0 Å². The quantitative estimate of drug-likeness (QED) is 0.308. The lowest BCUT2D eigenvalue weighted by atomic mass is 9.97. The van der Waals surface area contributed by atoms with E-state index in [2.05, 4.69) is 4.74 Å². The van der Waals surface area contributed by atoms with Crippen LogP contribution in [0.15, 0.2) is 0 Å². The summed E-state index contributed by atoms with van der Waals surface area (Å²) in [6.07, 6.45) is -7.80. The van der Waals surface area contributed by atoms with Gasteiger partial charge in [0.05, 0.1) is 6.61 Å². The van der Waals surface area contributed by atoms with E-state index in [4.69, 9.17) is 25.5 Å². The van der Waals surface area contributed by atoms with Gasteiger partial charge in [-0.25, -0.2) is 4.39 Å². The summed E-state index contributed by atoms with van der Waals surface area (Å²) in [6.45, 7) is -0.781. The van der Waals surface area contributed by atoms with Gasteiger partial charge in [0.25, 0.3) is 5.85 Å². The Labute approximate surface area is 72.8 Å². The third-order valence-electron chi connectivity index (χ3n) is 1.95.